The van der Waals surface area contributed by atoms with Gasteiger partial charge in [0.15, 0.2) is 0 Å². The van der Waals surface area contributed by atoms with Crippen LogP contribution in [-0.2, 0) is 29.0 Å². The monoisotopic (exact) mass is 278 g/mol. The van der Waals surface area contributed by atoms with Crippen molar-refractivity contribution in [3.05, 3.63) is 12.7 Å². The minimum Gasteiger partial charge on any atom is -0.466 e. The summed E-state index contributed by atoms with van der Waals surface area (Å²) in [5.41, 5.74) is 0. The molecule has 0 amide bonds. The topological polar surface area (TPSA) is 26.3 Å². The molecule has 0 aliphatic heterocycles. The van der Waals surface area contributed by atoms with Crippen molar-refractivity contribution in [3.63, 3.8) is 0 Å². The van der Waals surface area contributed by atoms with Crippen molar-refractivity contribution >= 4 is 29.9 Å². The van der Waals surface area contributed by atoms with Crippen LogP contribution in [0.1, 0.15) is 0 Å². The number of carbonyl (C=O) groups excluding carboxylic acids is 1. The molecule has 2 nitrogen and oxygen atoms in total. The average Bonchev–Trinajstić information content (AvgIpc) is 1.65. The van der Waals surface area contributed by atoms with Gasteiger partial charge in [0, 0.05) is 25.6 Å². The fourth-order valence-electron chi connectivity index (χ4n) is 0.0833. The molecule has 0 aromatic rings. The van der Waals surface area contributed by atoms with Gasteiger partial charge in [0.1, 0.15) is 0 Å². The summed E-state index contributed by atoms with van der Waals surface area (Å²) in [5.74, 6) is -0.394. The summed E-state index contributed by atoms with van der Waals surface area (Å²) in [7, 11) is 1.31. The smallest absolute Gasteiger partial charge is 0.329 e. The number of esters is 1. The second-order valence-corrected chi connectivity index (χ2v) is 0.727. The summed E-state index contributed by atoms with van der Waals surface area (Å²) in [5, 5.41) is 0. The van der Waals surface area contributed by atoms with E-state index in [9.17, 15) is 4.79 Å². The van der Waals surface area contributed by atoms with Crippen molar-refractivity contribution < 1.29 is 29.0 Å². The Bertz CT molecular complexity index is 74.4. The molecule has 4 heteroatoms. The van der Waals surface area contributed by atoms with Crippen molar-refractivity contribution in [2.24, 2.45) is 0 Å². The molecule has 0 aliphatic rings. The number of hydrogen-bond donors (Lipinski definition) is 0. The molecule has 0 spiro atoms. The molecular formula is C4H7IO2Zn. The molecule has 0 saturated heterocycles. The molecule has 0 heterocycles. The van der Waals surface area contributed by atoms with E-state index >= 15 is 0 Å². The van der Waals surface area contributed by atoms with Crippen molar-refractivity contribution in [1.29, 1.82) is 0 Å². The number of halogens is 1. The summed E-state index contributed by atoms with van der Waals surface area (Å²) in [6, 6.07) is 0. The Morgan fingerprint density at radius 1 is 1.75 bits per heavy atom. The zero-order valence-corrected chi connectivity index (χ0v) is 10.0. The minimum absolute atomic E-state index is 0. The van der Waals surface area contributed by atoms with Gasteiger partial charge in [-0.2, -0.15) is 0 Å². The predicted molar refractivity (Wildman–Crippen MR) is 37.6 cm³/mol. The van der Waals surface area contributed by atoms with Gasteiger partial charge in [-0.15, -0.1) is 24.0 Å². The number of carbonyl (C=O) groups is 1. The SMILES string of the molecule is C=CC(=O)OC.I.[Zn]. The second kappa shape index (κ2) is 10.5. The molecular weight excluding hydrogens is 272 g/mol. The van der Waals surface area contributed by atoms with E-state index in [0.29, 0.717) is 0 Å². The van der Waals surface area contributed by atoms with E-state index < -0.39 is 5.97 Å². The Morgan fingerprint density at radius 2 is 2.12 bits per heavy atom. The molecule has 0 atom stereocenters. The van der Waals surface area contributed by atoms with Crippen LogP contribution in [0.2, 0.25) is 0 Å². The van der Waals surface area contributed by atoms with Gasteiger partial charge >= 0.3 is 5.97 Å². The predicted octanol–water partition coefficient (Wildman–Crippen LogP) is 0.961. The maximum Gasteiger partial charge on any atom is 0.329 e. The van der Waals surface area contributed by atoms with Gasteiger partial charge in [-0.1, -0.05) is 6.58 Å². The Hall–Kier alpha value is 0.563. The number of ether oxygens (including phenoxy) is 1. The molecule has 0 aliphatic carbocycles. The Balaban J connectivity index is -0.000000125. The molecule has 0 aromatic heterocycles. The third-order valence-electron chi connectivity index (χ3n) is 0.368. The molecule has 0 N–H and O–H groups in total. The maximum absolute atomic E-state index is 9.84. The van der Waals surface area contributed by atoms with Crippen LogP contribution in [0.25, 0.3) is 0 Å². The molecule has 44 valence electrons. The first-order valence-electron chi connectivity index (χ1n) is 1.51. The van der Waals surface area contributed by atoms with Gasteiger partial charge in [-0.25, -0.2) is 4.79 Å². The summed E-state index contributed by atoms with van der Waals surface area (Å²) >= 11 is 0. The van der Waals surface area contributed by atoms with E-state index in [4.69, 9.17) is 0 Å². The standard InChI is InChI=1S/C4H6O2.HI.Zn/c1-3-4(5)6-2;;/h3H,1H2,2H3;1H;. The molecule has 0 radical (unpaired) electrons. The van der Waals surface area contributed by atoms with Gasteiger partial charge < -0.3 is 4.74 Å². The largest absolute Gasteiger partial charge is 0.466 e. The first kappa shape index (κ1) is 15.8. The summed E-state index contributed by atoms with van der Waals surface area (Å²) in [6.07, 6.45) is 1.11. The first-order chi connectivity index (χ1) is 2.81. The number of rotatable bonds is 1. The Morgan fingerprint density at radius 3 is 2.12 bits per heavy atom. The van der Waals surface area contributed by atoms with Gasteiger partial charge in [0.2, 0.25) is 0 Å². The fourth-order valence-corrected chi connectivity index (χ4v) is 0.0833. The fraction of sp³-hybridized carbons (Fsp3) is 0.250. The Labute approximate surface area is 78.4 Å². The van der Waals surface area contributed by atoms with Crippen molar-refractivity contribution in [3.8, 4) is 0 Å². The molecule has 0 rings (SSSR count). The molecule has 0 unspecified atom stereocenters. The third kappa shape index (κ3) is 9.76. The number of hydrogen-bond acceptors (Lipinski definition) is 2. The van der Waals surface area contributed by atoms with E-state index in [-0.39, 0.29) is 43.5 Å². The van der Waals surface area contributed by atoms with Crippen LogP contribution in [0.3, 0.4) is 0 Å². The van der Waals surface area contributed by atoms with Crippen LogP contribution in [0.5, 0.6) is 0 Å². The summed E-state index contributed by atoms with van der Waals surface area (Å²) in [4.78, 5) is 9.84. The maximum atomic E-state index is 9.84. The zero-order chi connectivity index (χ0) is 4.99. The van der Waals surface area contributed by atoms with Crippen LogP contribution in [0, 0.1) is 0 Å². The van der Waals surface area contributed by atoms with E-state index in [2.05, 4.69) is 11.3 Å². The second-order valence-electron chi connectivity index (χ2n) is 0.727. The number of methoxy groups -OCH3 is 1. The summed E-state index contributed by atoms with van der Waals surface area (Å²) in [6.45, 7) is 3.16. The van der Waals surface area contributed by atoms with Crippen LogP contribution in [0.15, 0.2) is 12.7 Å². The molecule has 0 fully saturated rings. The minimum atomic E-state index is -0.394. The average molecular weight is 279 g/mol. The van der Waals surface area contributed by atoms with Crippen LogP contribution < -0.4 is 0 Å². The van der Waals surface area contributed by atoms with E-state index in [1.807, 2.05) is 0 Å². The van der Waals surface area contributed by atoms with Crippen LogP contribution in [-0.4, -0.2) is 13.1 Å². The van der Waals surface area contributed by atoms with Gasteiger partial charge in [-0.3, -0.25) is 0 Å². The van der Waals surface area contributed by atoms with E-state index in [0.717, 1.165) is 6.08 Å². The van der Waals surface area contributed by atoms with Crippen LogP contribution >= 0.6 is 24.0 Å². The van der Waals surface area contributed by atoms with E-state index in [1.54, 1.807) is 0 Å². The zero-order valence-electron chi connectivity index (χ0n) is 4.72. The van der Waals surface area contributed by atoms with Crippen molar-refractivity contribution in [2.45, 2.75) is 0 Å². The summed E-state index contributed by atoms with van der Waals surface area (Å²) < 4.78 is 4.14. The molecule has 0 aromatic carbocycles. The van der Waals surface area contributed by atoms with Gasteiger partial charge in [0.05, 0.1) is 7.11 Å². The van der Waals surface area contributed by atoms with Gasteiger partial charge in [-0.05, 0) is 0 Å². The molecule has 8 heavy (non-hydrogen) atoms. The molecule has 0 bridgehead atoms. The van der Waals surface area contributed by atoms with Gasteiger partial charge in [0.25, 0.3) is 0 Å². The van der Waals surface area contributed by atoms with E-state index in [1.165, 1.54) is 7.11 Å². The Kier molecular flexibility index (Phi) is 20.8. The van der Waals surface area contributed by atoms with Crippen LogP contribution in [0.4, 0.5) is 0 Å². The normalized spacial score (nSPS) is 5.12. The van der Waals surface area contributed by atoms with Crippen molar-refractivity contribution in [1.82, 2.24) is 0 Å². The molecule has 0 saturated carbocycles. The van der Waals surface area contributed by atoms with Crippen molar-refractivity contribution in [2.75, 3.05) is 7.11 Å². The third-order valence-corrected chi connectivity index (χ3v) is 0.368. The quantitative estimate of drug-likeness (QED) is 0.309. The first-order valence-corrected chi connectivity index (χ1v) is 1.51.